The fraction of sp³-hybridized carbons (Fsp3) is 0.909. The lowest BCUT2D eigenvalue weighted by molar-refractivity contribution is -0.125. The summed E-state index contributed by atoms with van der Waals surface area (Å²) in [5.74, 6) is -0.359. The second kappa shape index (κ2) is 7.18. The van der Waals surface area contributed by atoms with E-state index in [1.54, 1.807) is 20.8 Å². The largest absolute Gasteiger partial charge is 0.390 e. The Morgan fingerprint density at radius 2 is 1.68 bits per heavy atom. The van der Waals surface area contributed by atoms with Crippen molar-refractivity contribution in [3.63, 3.8) is 0 Å². The zero-order valence-electron chi connectivity index (χ0n) is 12.4. The number of aliphatic hydroxyl groups excluding tert-OH is 1. The predicted molar refractivity (Wildman–Crippen MR) is 73.7 cm³/mol. The van der Waals surface area contributed by atoms with Gasteiger partial charge < -0.3 is 10.4 Å². The Morgan fingerprint density at radius 1 is 1.21 bits per heavy atom. The highest BCUT2D eigenvalue weighted by Crippen LogP contribution is 2.05. The van der Waals surface area contributed by atoms with Crippen molar-refractivity contribution >= 4 is 16.1 Å². The summed E-state index contributed by atoms with van der Waals surface area (Å²) in [6.07, 6.45) is -0.970. The van der Waals surface area contributed by atoms with Gasteiger partial charge in [0.1, 0.15) is 0 Å². The fourth-order valence-corrected chi connectivity index (χ4v) is 2.18. The third-order valence-corrected chi connectivity index (χ3v) is 4.63. The van der Waals surface area contributed by atoms with Crippen LogP contribution in [0.15, 0.2) is 0 Å². The number of hydrogen-bond donors (Lipinski definition) is 2. The van der Waals surface area contributed by atoms with Gasteiger partial charge in [-0.15, -0.1) is 0 Å². The van der Waals surface area contributed by atoms with Gasteiger partial charge >= 0.3 is 0 Å². The molecule has 0 aromatic carbocycles. The summed E-state index contributed by atoms with van der Waals surface area (Å²) in [7, 11) is 0.666. The lowest BCUT2D eigenvalue weighted by Crippen LogP contribution is -2.49. The van der Waals surface area contributed by atoms with Gasteiger partial charge in [-0.1, -0.05) is 13.8 Å². The molecule has 0 saturated heterocycles. The normalized spacial score (nSPS) is 15.9. The molecule has 0 aliphatic heterocycles. The first-order valence-electron chi connectivity index (χ1n) is 6.12. The van der Waals surface area contributed by atoms with Crippen molar-refractivity contribution in [2.45, 2.75) is 32.9 Å². The highest BCUT2D eigenvalue weighted by atomic mass is 32.2. The first-order valence-corrected chi connectivity index (χ1v) is 7.52. The van der Waals surface area contributed by atoms with Crippen molar-refractivity contribution in [3.05, 3.63) is 0 Å². The molecular formula is C11H25N3O4S. The van der Waals surface area contributed by atoms with E-state index in [0.717, 1.165) is 8.61 Å². The second-order valence-corrected chi connectivity index (χ2v) is 7.34. The molecule has 7 nitrogen and oxygen atoms in total. The standard InChI is InChI=1S/C11H25N3O4S/c1-8(2)11(16)12-9(3)10(15)7-14(6)19(17,18)13(4)5/h8-10,15H,7H2,1-6H3,(H,12,16)/t9-,10+/m0/s1. The number of aliphatic hydroxyl groups is 1. The van der Waals surface area contributed by atoms with Crippen LogP contribution in [0.3, 0.4) is 0 Å². The monoisotopic (exact) mass is 295 g/mol. The summed E-state index contributed by atoms with van der Waals surface area (Å²) in [5.41, 5.74) is 0. The van der Waals surface area contributed by atoms with Crippen molar-refractivity contribution in [3.8, 4) is 0 Å². The molecule has 0 heterocycles. The first kappa shape index (κ1) is 18.3. The van der Waals surface area contributed by atoms with Crippen LogP contribution in [0.5, 0.6) is 0 Å². The van der Waals surface area contributed by atoms with Gasteiger partial charge in [0.25, 0.3) is 10.2 Å². The quantitative estimate of drug-likeness (QED) is 0.646. The van der Waals surface area contributed by atoms with Gasteiger partial charge in [0.15, 0.2) is 0 Å². The van der Waals surface area contributed by atoms with Gasteiger partial charge in [-0.2, -0.15) is 17.0 Å². The van der Waals surface area contributed by atoms with Crippen LogP contribution in [0.1, 0.15) is 20.8 Å². The lowest BCUT2D eigenvalue weighted by Gasteiger charge is -2.27. The van der Waals surface area contributed by atoms with Crippen LogP contribution in [-0.2, 0) is 15.0 Å². The number of hydrogen-bond acceptors (Lipinski definition) is 4. The Balaban J connectivity index is 4.53. The van der Waals surface area contributed by atoms with Crippen molar-refractivity contribution in [2.24, 2.45) is 5.92 Å². The molecule has 0 aromatic rings. The maximum absolute atomic E-state index is 11.8. The zero-order valence-corrected chi connectivity index (χ0v) is 13.2. The van der Waals surface area contributed by atoms with Crippen molar-refractivity contribution < 1.29 is 18.3 Å². The van der Waals surface area contributed by atoms with Crippen LogP contribution in [0.2, 0.25) is 0 Å². The number of nitrogens with one attached hydrogen (secondary N) is 1. The molecule has 2 atom stereocenters. The van der Waals surface area contributed by atoms with Crippen molar-refractivity contribution in [2.75, 3.05) is 27.7 Å². The van der Waals surface area contributed by atoms with Gasteiger partial charge in [0.05, 0.1) is 12.1 Å². The summed E-state index contributed by atoms with van der Waals surface area (Å²) >= 11 is 0. The van der Waals surface area contributed by atoms with Crippen LogP contribution in [-0.4, -0.2) is 67.9 Å². The highest BCUT2D eigenvalue weighted by molar-refractivity contribution is 7.86. The third kappa shape index (κ3) is 5.43. The number of rotatable bonds is 7. The average molecular weight is 295 g/mol. The molecule has 0 unspecified atom stereocenters. The second-order valence-electron chi connectivity index (χ2n) is 5.09. The van der Waals surface area contributed by atoms with Crippen molar-refractivity contribution in [1.82, 2.24) is 13.9 Å². The number of carbonyl (C=O) groups is 1. The Morgan fingerprint density at radius 3 is 2.05 bits per heavy atom. The molecular weight excluding hydrogens is 270 g/mol. The highest BCUT2D eigenvalue weighted by Gasteiger charge is 2.26. The van der Waals surface area contributed by atoms with E-state index in [1.807, 2.05) is 0 Å². The molecule has 0 spiro atoms. The average Bonchev–Trinajstić information content (AvgIpc) is 2.27. The first-order chi connectivity index (χ1) is 8.50. The summed E-state index contributed by atoms with van der Waals surface area (Å²) in [4.78, 5) is 11.5. The van der Waals surface area contributed by atoms with Gasteiger partial charge in [0.2, 0.25) is 5.91 Å². The van der Waals surface area contributed by atoms with E-state index in [0.29, 0.717) is 0 Å². The Kier molecular flexibility index (Phi) is 6.92. The molecule has 0 bridgehead atoms. The van der Waals surface area contributed by atoms with E-state index in [1.165, 1.54) is 21.1 Å². The van der Waals surface area contributed by atoms with Gasteiger partial charge in [-0.3, -0.25) is 4.79 Å². The van der Waals surface area contributed by atoms with Crippen molar-refractivity contribution in [1.29, 1.82) is 0 Å². The van der Waals surface area contributed by atoms with Crippen LogP contribution >= 0.6 is 0 Å². The molecule has 0 aliphatic carbocycles. The van der Waals surface area contributed by atoms with E-state index >= 15 is 0 Å². The molecule has 0 radical (unpaired) electrons. The van der Waals surface area contributed by atoms with E-state index in [9.17, 15) is 18.3 Å². The van der Waals surface area contributed by atoms with Gasteiger partial charge in [-0.25, -0.2) is 0 Å². The Hall–Kier alpha value is -0.700. The number of carbonyl (C=O) groups excluding carboxylic acids is 1. The number of nitrogens with zero attached hydrogens (tertiary/aromatic N) is 2. The molecule has 2 N–H and O–H groups in total. The topological polar surface area (TPSA) is 90.0 Å². The zero-order chi connectivity index (χ0) is 15.4. The Bertz CT molecular complexity index is 395. The van der Waals surface area contributed by atoms with E-state index in [2.05, 4.69) is 5.32 Å². The van der Waals surface area contributed by atoms with Crippen LogP contribution in [0.25, 0.3) is 0 Å². The van der Waals surface area contributed by atoms with E-state index in [-0.39, 0.29) is 18.4 Å². The maximum atomic E-state index is 11.8. The van der Waals surface area contributed by atoms with Gasteiger partial charge in [0, 0.05) is 33.6 Å². The molecule has 0 aromatic heterocycles. The van der Waals surface area contributed by atoms with Gasteiger partial charge in [-0.05, 0) is 6.92 Å². The van der Waals surface area contributed by atoms with Crippen LogP contribution in [0, 0.1) is 5.92 Å². The molecule has 114 valence electrons. The predicted octanol–water partition coefficient (Wildman–Crippen LogP) is -0.754. The Labute approximate surface area is 115 Å². The molecule has 8 heteroatoms. The molecule has 0 saturated carbocycles. The molecule has 0 aliphatic rings. The van der Waals surface area contributed by atoms with Crippen LogP contribution in [0.4, 0.5) is 0 Å². The summed E-state index contributed by atoms with van der Waals surface area (Å²) in [5, 5.41) is 12.6. The maximum Gasteiger partial charge on any atom is 0.281 e. The summed E-state index contributed by atoms with van der Waals surface area (Å²) in [6, 6.07) is -0.519. The molecule has 0 rings (SSSR count). The SMILES string of the molecule is CC(C)C(=O)N[C@@H](C)[C@H](O)CN(C)S(=O)(=O)N(C)C. The minimum absolute atomic E-state index is 0.0833. The molecule has 19 heavy (non-hydrogen) atoms. The summed E-state index contributed by atoms with van der Waals surface area (Å²) in [6.45, 7) is 5.05. The number of likely N-dealkylation sites (N-methyl/N-ethyl adjacent to an activating group) is 1. The molecule has 1 amide bonds. The van der Waals surface area contributed by atoms with E-state index < -0.39 is 22.4 Å². The minimum atomic E-state index is -3.56. The number of amides is 1. The molecule has 0 fully saturated rings. The van der Waals surface area contributed by atoms with E-state index in [4.69, 9.17) is 0 Å². The smallest absolute Gasteiger partial charge is 0.281 e. The van der Waals surface area contributed by atoms with Crippen LogP contribution < -0.4 is 5.32 Å². The third-order valence-electron chi connectivity index (χ3n) is 2.77. The minimum Gasteiger partial charge on any atom is -0.390 e. The fourth-order valence-electron chi connectivity index (χ4n) is 1.28. The lowest BCUT2D eigenvalue weighted by atomic mass is 10.1. The summed E-state index contributed by atoms with van der Waals surface area (Å²) < 4.78 is 25.7.